The molecule has 0 radical (unpaired) electrons. The summed E-state index contributed by atoms with van der Waals surface area (Å²) in [6.07, 6.45) is 7.08. The molecule has 16 heavy (non-hydrogen) atoms. The molecule has 0 spiro atoms. The van der Waals surface area contributed by atoms with Gasteiger partial charge in [-0.15, -0.1) is 12.3 Å². The van der Waals surface area contributed by atoms with Crippen molar-refractivity contribution in [1.82, 2.24) is 5.32 Å². The van der Waals surface area contributed by atoms with Crippen LogP contribution in [-0.2, 0) is 11.3 Å². The van der Waals surface area contributed by atoms with Crippen LogP contribution in [0.1, 0.15) is 30.0 Å². The minimum absolute atomic E-state index is 0.322. The second kappa shape index (κ2) is 5.69. The van der Waals surface area contributed by atoms with Gasteiger partial charge in [0.25, 0.3) is 0 Å². The number of fused-ring (bicyclic) bond motifs is 1. The fraction of sp³-hybridized carbons (Fsp3) is 0.429. The summed E-state index contributed by atoms with van der Waals surface area (Å²) < 4.78 is 5.56. The first kappa shape index (κ1) is 11.2. The predicted molar refractivity (Wildman–Crippen MR) is 64.9 cm³/mol. The van der Waals surface area contributed by atoms with E-state index in [1.54, 1.807) is 0 Å². The molecular weight excluding hydrogens is 198 g/mol. The molecule has 0 amide bonds. The van der Waals surface area contributed by atoms with Gasteiger partial charge in [-0.2, -0.15) is 0 Å². The number of hydrogen-bond acceptors (Lipinski definition) is 2. The molecule has 1 atom stereocenters. The summed E-state index contributed by atoms with van der Waals surface area (Å²) >= 11 is 0. The fourth-order valence-electron chi connectivity index (χ4n) is 2.02. The van der Waals surface area contributed by atoms with Crippen molar-refractivity contribution in [2.24, 2.45) is 0 Å². The molecule has 2 nitrogen and oxygen atoms in total. The summed E-state index contributed by atoms with van der Waals surface area (Å²) in [5.74, 6) is 2.65. The van der Waals surface area contributed by atoms with Gasteiger partial charge >= 0.3 is 0 Å². The molecular formula is C14H17NO. The van der Waals surface area contributed by atoms with Crippen LogP contribution in [0.25, 0.3) is 0 Å². The van der Waals surface area contributed by atoms with E-state index in [9.17, 15) is 0 Å². The Morgan fingerprint density at radius 1 is 1.44 bits per heavy atom. The van der Waals surface area contributed by atoms with Gasteiger partial charge in [0, 0.05) is 6.42 Å². The highest BCUT2D eigenvalue weighted by molar-refractivity contribution is 5.30. The second-order valence-electron chi connectivity index (χ2n) is 4.03. The van der Waals surface area contributed by atoms with E-state index in [4.69, 9.17) is 11.2 Å². The standard InChI is InChI=1S/C14H17NO/c1-2-3-6-9-15-14-11-16-10-12-7-4-5-8-13(12)14/h1,4-5,7-8,14-15H,3,6,9-11H2. The molecule has 2 heteroatoms. The van der Waals surface area contributed by atoms with Crippen LogP contribution in [0.4, 0.5) is 0 Å². The van der Waals surface area contributed by atoms with Crippen molar-refractivity contribution in [2.75, 3.05) is 13.2 Å². The molecule has 0 aliphatic carbocycles. The van der Waals surface area contributed by atoms with Crippen molar-refractivity contribution < 1.29 is 4.74 Å². The molecule has 1 aliphatic rings. The largest absolute Gasteiger partial charge is 0.375 e. The van der Waals surface area contributed by atoms with Gasteiger partial charge in [0.05, 0.1) is 19.3 Å². The van der Waals surface area contributed by atoms with Crippen LogP contribution in [0.2, 0.25) is 0 Å². The Labute approximate surface area is 97.0 Å². The number of rotatable bonds is 4. The molecule has 1 aromatic rings. The highest BCUT2D eigenvalue weighted by Crippen LogP contribution is 2.24. The summed E-state index contributed by atoms with van der Waals surface area (Å²) in [4.78, 5) is 0. The van der Waals surface area contributed by atoms with Gasteiger partial charge in [-0.05, 0) is 24.1 Å². The van der Waals surface area contributed by atoms with Crippen LogP contribution in [0.15, 0.2) is 24.3 Å². The lowest BCUT2D eigenvalue weighted by Gasteiger charge is -2.26. The van der Waals surface area contributed by atoms with Gasteiger partial charge in [0.1, 0.15) is 0 Å². The molecule has 84 valence electrons. The number of ether oxygens (including phenoxy) is 1. The number of terminal acetylenes is 1. The van der Waals surface area contributed by atoms with Gasteiger partial charge in [0.15, 0.2) is 0 Å². The average molecular weight is 215 g/mol. The molecule has 1 aliphatic heterocycles. The third-order valence-corrected chi connectivity index (χ3v) is 2.86. The quantitative estimate of drug-likeness (QED) is 0.614. The zero-order valence-corrected chi connectivity index (χ0v) is 9.41. The maximum absolute atomic E-state index is 5.56. The highest BCUT2D eigenvalue weighted by atomic mass is 16.5. The lowest BCUT2D eigenvalue weighted by molar-refractivity contribution is 0.0822. The Morgan fingerprint density at radius 2 is 2.31 bits per heavy atom. The number of hydrogen-bond donors (Lipinski definition) is 1. The van der Waals surface area contributed by atoms with Crippen LogP contribution in [0, 0.1) is 12.3 Å². The van der Waals surface area contributed by atoms with Gasteiger partial charge in [-0.25, -0.2) is 0 Å². The molecule has 0 aromatic heterocycles. The van der Waals surface area contributed by atoms with Crippen LogP contribution in [0.5, 0.6) is 0 Å². The van der Waals surface area contributed by atoms with Crippen molar-refractivity contribution in [2.45, 2.75) is 25.5 Å². The summed E-state index contributed by atoms with van der Waals surface area (Å²) in [5.41, 5.74) is 2.66. The smallest absolute Gasteiger partial charge is 0.0721 e. The third-order valence-electron chi connectivity index (χ3n) is 2.86. The Morgan fingerprint density at radius 3 is 3.19 bits per heavy atom. The minimum Gasteiger partial charge on any atom is -0.375 e. The number of nitrogens with one attached hydrogen (secondary N) is 1. The number of benzene rings is 1. The molecule has 2 rings (SSSR count). The van der Waals surface area contributed by atoms with Crippen molar-refractivity contribution in [1.29, 1.82) is 0 Å². The number of unbranched alkanes of at least 4 members (excludes halogenated alkanes) is 1. The van der Waals surface area contributed by atoms with Crippen molar-refractivity contribution >= 4 is 0 Å². The molecule has 1 heterocycles. The normalized spacial score (nSPS) is 18.8. The lowest BCUT2D eigenvalue weighted by Crippen LogP contribution is -2.30. The molecule has 0 bridgehead atoms. The summed E-state index contributed by atoms with van der Waals surface area (Å²) in [7, 11) is 0. The molecule has 1 unspecified atom stereocenters. The van der Waals surface area contributed by atoms with E-state index in [-0.39, 0.29) is 0 Å². The van der Waals surface area contributed by atoms with Crippen LogP contribution in [-0.4, -0.2) is 13.2 Å². The van der Waals surface area contributed by atoms with Gasteiger partial charge in [-0.1, -0.05) is 24.3 Å². The van der Waals surface area contributed by atoms with Gasteiger partial charge in [0.2, 0.25) is 0 Å². The first-order chi connectivity index (χ1) is 7.92. The van der Waals surface area contributed by atoms with E-state index in [0.29, 0.717) is 6.04 Å². The van der Waals surface area contributed by atoms with Crippen molar-refractivity contribution in [3.8, 4) is 12.3 Å². The summed E-state index contributed by atoms with van der Waals surface area (Å²) in [6.45, 7) is 2.44. The van der Waals surface area contributed by atoms with Crippen LogP contribution >= 0.6 is 0 Å². The molecule has 1 aromatic carbocycles. The third kappa shape index (κ3) is 2.63. The van der Waals surface area contributed by atoms with E-state index in [1.807, 2.05) is 0 Å². The van der Waals surface area contributed by atoms with Gasteiger partial charge in [-0.3, -0.25) is 0 Å². The van der Waals surface area contributed by atoms with E-state index < -0.39 is 0 Å². The fourth-order valence-corrected chi connectivity index (χ4v) is 2.02. The van der Waals surface area contributed by atoms with Crippen LogP contribution in [0.3, 0.4) is 0 Å². The Hall–Kier alpha value is -1.30. The maximum atomic E-state index is 5.56. The molecule has 1 N–H and O–H groups in total. The van der Waals surface area contributed by atoms with Crippen molar-refractivity contribution in [3.63, 3.8) is 0 Å². The van der Waals surface area contributed by atoms with Crippen LogP contribution < -0.4 is 5.32 Å². The van der Waals surface area contributed by atoms with Gasteiger partial charge < -0.3 is 10.1 Å². The first-order valence-electron chi connectivity index (χ1n) is 5.74. The SMILES string of the molecule is C#CCCCNC1COCc2ccccc21. The lowest BCUT2D eigenvalue weighted by atomic mass is 9.99. The Bertz CT molecular complexity index is 381. The minimum atomic E-state index is 0.322. The van der Waals surface area contributed by atoms with E-state index in [1.165, 1.54) is 11.1 Å². The van der Waals surface area contributed by atoms with E-state index >= 15 is 0 Å². The predicted octanol–water partition coefficient (Wildman–Crippen LogP) is 2.26. The Kier molecular flexibility index (Phi) is 3.98. The van der Waals surface area contributed by atoms with E-state index in [0.717, 1.165) is 32.6 Å². The second-order valence-corrected chi connectivity index (χ2v) is 4.03. The monoisotopic (exact) mass is 215 g/mol. The molecule has 0 saturated heterocycles. The zero-order chi connectivity index (χ0) is 11.2. The summed E-state index contributed by atoms with van der Waals surface area (Å²) in [5, 5.41) is 3.49. The average Bonchev–Trinajstić information content (AvgIpc) is 2.35. The summed E-state index contributed by atoms with van der Waals surface area (Å²) in [6, 6.07) is 8.77. The first-order valence-corrected chi connectivity index (χ1v) is 5.74. The maximum Gasteiger partial charge on any atom is 0.0721 e. The molecule has 0 saturated carbocycles. The van der Waals surface area contributed by atoms with Crippen molar-refractivity contribution in [3.05, 3.63) is 35.4 Å². The Balaban J connectivity index is 1.94. The topological polar surface area (TPSA) is 21.3 Å². The highest BCUT2D eigenvalue weighted by Gasteiger charge is 2.18. The zero-order valence-electron chi connectivity index (χ0n) is 9.41. The van der Waals surface area contributed by atoms with E-state index in [2.05, 4.69) is 35.5 Å². The molecule has 0 fully saturated rings.